The predicted octanol–water partition coefficient (Wildman–Crippen LogP) is 1.19. The van der Waals surface area contributed by atoms with Crippen molar-refractivity contribution in [2.24, 2.45) is 10.7 Å². The Labute approximate surface area is 117 Å². The van der Waals surface area contributed by atoms with Crippen LogP contribution < -0.4 is 11.1 Å². The Hall–Kier alpha value is -0.810. The first-order valence-electron chi connectivity index (χ1n) is 7.59. The van der Waals surface area contributed by atoms with Gasteiger partial charge in [0.05, 0.1) is 0 Å². The third kappa shape index (κ3) is 7.38. The van der Waals surface area contributed by atoms with Crippen molar-refractivity contribution in [1.82, 2.24) is 10.2 Å². The maximum absolute atomic E-state index is 5.82. The van der Waals surface area contributed by atoms with Crippen molar-refractivity contribution in [3.8, 4) is 0 Å². The Kier molecular flexibility index (Phi) is 8.58. The van der Waals surface area contributed by atoms with E-state index in [1.54, 1.807) is 0 Å². The van der Waals surface area contributed by atoms with Gasteiger partial charge in [-0.25, -0.2) is 0 Å². The molecule has 0 amide bonds. The van der Waals surface area contributed by atoms with Crippen LogP contribution in [-0.4, -0.2) is 56.3 Å². The zero-order chi connectivity index (χ0) is 13.9. The SMILES string of the molecule is CCOCCCN=C(N)NCCN1CCCCC1C. The molecule has 0 aromatic heterocycles. The molecule has 1 aliphatic heterocycles. The Morgan fingerprint density at radius 2 is 2.32 bits per heavy atom. The third-order valence-electron chi connectivity index (χ3n) is 3.58. The van der Waals surface area contributed by atoms with Crippen molar-refractivity contribution < 1.29 is 4.74 Å². The lowest BCUT2D eigenvalue weighted by atomic mass is 10.0. The summed E-state index contributed by atoms with van der Waals surface area (Å²) in [7, 11) is 0. The quantitative estimate of drug-likeness (QED) is 0.395. The number of nitrogens with one attached hydrogen (secondary N) is 1. The smallest absolute Gasteiger partial charge is 0.188 e. The molecule has 1 heterocycles. The predicted molar refractivity (Wildman–Crippen MR) is 80.5 cm³/mol. The standard InChI is InChI=1S/C14H30N4O/c1-3-19-12-6-8-16-14(15)17-9-11-18-10-5-4-7-13(18)2/h13H,3-12H2,1-2H3,(H3,15,16,17). The van der Waals surface area contributed by atoms with Crippen LogP contribution in [0, 0.1) is 0 Å². The van der Waals surface area contributed by atoms with E-state index in [4.69, 9.17) is 10.5 Å². The lowest BCUT2D eigenvalue weighted by Gasteiger charge is -2.33. The Morgan fingerprint density at radius 1 is 1.47 bits per heavy atom. The van der Waals surface area contributed by atoms with E-state index in [0.717, 1.165) is 39.3 Å². The van der Waals surface area contributed by atoms with Crippen molar-refractivity contribution in [2.75, 3.05) is 39.4 Å². The highest BCUT2D eigenvalue weighted by Gasteiger charge is 2.17. The summed E-state index contributed by atoms with van der Waals surface area (Å²) in [5, 5.41) is 3.19. The van der Waals surface area contributed by atoms with Crippen LogP contribution in [0.4, 0.5) is 0 Å². The van der Waals surface area contributed by atoms with Gasteiger partial charge in [-0.3, -0.25) is 9.89 Å². The molecule has 1 rings (SSSR count). The highest BCUT2D eigenvalue weighted by atomic mass is 16.5. The van der Waals surface area contributed by atoms with Gasteiger partial charge in [-0.05, 0) is 39.7 Å². The van der Waals surface area contributed by atoms with Crippen LogP contribution in [0.5, 0.6) is 0 Å². The molecule has 0 saturated carbocycles. The van der Waals surface area contributed by atoms with Gasteiger partial charge in [0.25, 0.3) is 0 Å². The number of hydrogen-bond donors (Lipinski definition) is 2. The van der Waals surface area contributed by atoms with Crippen LogP contribution in [0.15, 0.2) is 4.99 Å². The number of likely N-dealkylation sites (tertiary alicyclic amines) is 1. The number of aliphatic imine (C=N–C) groups is 1. The summed E-state index contributed by atoms with van der Waals surface area (Å²) in [6.07, 6.45) is 4.94. The van der Waals surface area contributed by atoms with Gasteiger partial charge >= 0.3 is 0 Å². The normalized spacial score (nSPS) is 21.6. The second-order valence-electron chi connectivity index (χ2n) is 5.12. The van der Waals surface area contributed by atoms with Crippen molar-refractivity contribution in [2.45, 2.75) is 45.6 Å². The average Bonchev–Trinajstić information content (AvgIpc) is 2.41. The molecule has 1 saturated heterocycles. The van der Waals surface area contributed by atoms with E-state index in [1.807, 2.05) is 6.92 Å². The van der Waals surface area contributed by atoms with Gasteiger partial charge < -0.3 is 15.8 Å². The first-order valence-corrected chi connectivity index (χ1v) is 7.59. The Morgan fingerprint density at radius 3 is 3.05 bits per heavy atom. The Balaban J connectivity index is 2.05. The third-order valence-corrected chi connectivity index (χ3v) is 3.58. The first kappa shape index (κ1) is 16.2. The van der Waals surface area contributed by atoms with Gasteiger partial charge in [-0.1, -0.05) is 6.42 Å². The van der Waals surface area contributed by atoms with Crippen LogP contribution >= 0.6 is 0 Å². The average molecular weight is 270 g/mol. The second-order valence-corrected chi connectivity index (χ2v) is 5.12. The van der Waals surface area contributed by atoms with Gasteiger partial charge in [-0.15, -0.1) is 0 Å². The number of nitrogens with zero attached hydrogens (tertiary/aromatic N) is 2. The monoisotopic (exact) mass is 270 g/mol. The fourth-order valence-corrected chi connectivity index (χ4v) is 2.38. The van der Waals surface area contributed by atoms with Crippen molar-refractivity contribution in [3.63, 3.8) is 0 Å². The van der Waals surface area contributed by atoms with Crippen LogP contribution in [0.3, 0.4) is 0 Å². The van der Waals surface area contributed by atoms with Gasteiger partial charge in [-0.2, -0.15) is 0 Å². The molecule has 3 N–H and O–H groups in total. The van der Waals surface area contributed by atoms with Crippen molar-refractivity contribution in [3.05, 3.63) is 0 Å². The highest BCUT2D eigenvalue weighted by molar-refractivity contribution is 5.77. The van der Waals surface area contributed by atoms with Crippen LogP contribution in [0.2, 0.25) is 0 Å². The highest BCUT2D eigenvalue weighted by Crippen LogP contribution is 2.15. The van der Waals surface area contributed by atoms with E-state index in [9.17, 15) is 0 Å². The van der Waals surface area contributed by atoms with Crippen molar-refractivity contribution in [1.29, 1.82) is 0 Å². The number of rotatable bonds is 8. The van der Waals surface area contributed by atoms with Crippen molar-refractivity contribution >= 4 is 5.96 Å². The summed E-state index contributed by atoms with van der Waals surface area (Å²) in [5.74, 6) is 0.557. The van der Waals surface area contributed by atoms with E-state index in [0.29, 0.717) is 12.0 Å². The van der Waals surface area contributed by atoms with Crippen LogP contribution in [-0.2, 0) is 4.74 Å². The van der Waals surface area contributed by atoms with Crippen LogP contribution in [0.1, 0.15) is 39.5 Å². The molecule has 1 unspecified atom stereocenters. The number of guanidine groups is 1. The minimum atomic E-state index is 0.557. The van der Waals surface area contributed by atoms with Gasteiger partial charge in [0.2, 0.25) is 0 Å². The first-order chi connectivity index (χ1) is 9.24. The lowest BCUT2D eigenvalue weighted by Crippen LogP contribution is -2.43. The molecular formula is C14H30N4O. The van der Waals surface area contributed by atoms with E-state index in [-0.39, 0.29) is 0 Å². The largest absolute Gasteiger partial charge is 0.382 e. The zero-order valence-electron chi connectivity index (χ0n) is 12.5. The van der Waals surface area contributed by atoms with Gasteiger partial charge in [0.1, 0.15) is 0 Å². The lowest BCUT2D eigenvalue weighted by molar-refractivity contribution is 0.146. The summed E-state index contributed by atoms with van der Waals surface area (Å²) in [6, 6.07) is 0.708. The number of ether oxygens (including phenoxy) is 1. The Bertz CT molecular complexity index is 258. The molecular weight excluding hydrogens is 240 g/mol. The molecule has 0 spiro atoms. The topological polar surface area (TPSA) is 62.9 Å². The fraction of sp³-hybridized carbons (Fsp3) is 0.929. The summed E-state index contributed by atoms with van der Waals surface area (Å²) in [4.78, 5) is 6.81. The van der Waals surface area contributed by atoms with E-state index in [1.165, 1.54) is 25.8 Å². The molecule has 5 nitrogen and oxygen atoms in total. The zero-order valence-corrected chi connectivity index (χ0v) is 12.5. The molecule has 0 bridgehead atoms. The number of hydrogen-bond acceptors (Lipinski definition) is 3. The maximum atomic E-state index is 5.82. The molecule has 19 heavy (non-hydrogen) atoms. The summed E-state index contributed by atoms with van der Waals surface area (Å²) in [6.45, 7) is 9.73. The number of nitrogens with two attached hydrogens (primary N) is 1. The molecule has 0 aliphatic carbocycles. The molecule has 1 atom stereocenters. The summed E-state index contributed by atoms with van der Waals surface area (Å²) < 4.78 is 5.25. The maximum Gasteiger partial charge on any atom is 0.188 e. The van der Waals surface area contributed by atoms with Gasteiger partial charge in [0.15, 0.2) is 5.96 Å². The van der Waals surface area contributed by atoms with Crippen LogP contribution in [0.25, 0.3) is 0 Å². The molecule has 0 radical (unpaired) electrons. The van der Waals surface area contributed by atoms with Gasteiger partial charge in [0, 0.05) is 38.9 Å². The minimum absolute atomic E-state index is 0.557. The molecule has 5 heteroatoms. The van der Waals surface area contributed by atoms with E-state index >= 15 is 0 Å². The fourth-order valence-electron chi connectivity index (χ4n) is 2.38. The van der Waals surface area contributed by atoms with E-state index in [2.05, 4.69) is 22.1 Å². The minimum Gasteiger partial charge on any atom is -0.382 e. The van der Waals surface area contributed by atoms with E-state index < -0.39 is 0 Å². The summed E-state index contributed by atoms with van der Waals surface area (Å²) >= 11 is 0. The second kappa shape index (κ2) is 10.0. The number of piperidine rings is 1. The molecule has 1 fully saturated rings. The molecule has 0 aromatic rings. The molecule has 0 aromatic carbocycles. The summed E-state index contributed by atoms with van der Waals surface area (Å²) in [5.41, 5.74) is 5.82. The molecule has 1 aliphatic rings. The molecule has 112 valence electrons.